The van der Waals surface area contributed by atoms with Gasteiger partial charge in [0.2, 0.25) is 0 Å². The van der Waals surface area contributed by atoms with Crippen LogP contribution in [0.15, 0.2) is 116 Å². The molecule has 6 nitrogen and oxygen atoms in total. The average Bonchev–Trinajstić information content (AvgIpc) is 3.66. The van der Waals surface area contributed by atoms with Crippen LogP contribution in [-0.4, -0.2) is 41.1 Å². The zero-order chi connectivity index (χ0) is 31.7. The van der Waals surface area contributed by atoms with Crippen LogP contribution in [0.1, 0.15) is 77.1 Å². The first-order chi connectivity index (χ1) is 22.6. The Bertz CT molecular complexity index is 1580. The summed E-state index contributed by atoms with van der Waals surface area (Å²) in [5.41, 5.74) is 6.75. The van der Waals surface area contributed by atoms with Crippen molar-refractivity contribution in [3.63, 3.8) is 0 Å². The molecule has 0 unspecified atom stereocenters. The molecule has 1 heterocycles. The zero-order valence-corrected chi connectivity index (χ0v) is 26.4. The van der Waals surface area contributed by atoms with Crippen molar-refractivity contribution < 1.29 is 19.4 Å². The van der Waals surface area contributed by atoms with Gasteiger partial charge < -0.3 is 19.9 Å². The van der Waals surface area contributed by atoms with Crippen LogP contribution in [-0.2, 0) is 22.6 Å². The third-order valence-electron chi connectivity index (χ3n) is 9.17. The molecule has 238 valence electrons. The van der Waals surface area contributed by atoms with E-state index in [1.165, 1.54) is 25.7 Å². The molecule has 2 N–H and O–H groups in total. The molecule has 0 bridgehead atoms. The number of carbonyl (C=O) groups is 1. The molecule has 6 heteroatoms. The largest absolute Gasteiger partial charge is 0.392 e. The minimum atomic E-state index is -0.524. The maximum Gasteiger partial charge on any atom is 0.251 e. The lowest BCUT2D eigenvalue weighted by molar-refractivity contribution is -0.253. The lowest BCUT2D eigenvalue weighted by Gasteiger charge is -2.39. The second-order valence-electron chi connectivity index (χ2n) is 12.4. The number of nitrogens with one attached hydrogen (secondary N) is 1. The summed E-state index contributed by atoms with van der Waals surface area (Å²) in [6.07, 6.45) is 7.10. The molecule has 4 aromatic rings. The van der Waals surface area contributed by atoms with E-state index in [0.29, 0.717) is 18.2 Å². The zero-order valence-electron chi connectivity index (χ0n) is 26.4. The van der Waals surface area contributed by atoms with E-state index in [1.54, 1.807) is 0 Å². The van der Waals surface area contributed by atoms with Crippen LogP contribution in [0.25, 0.3) is 11.1 Å². The van der Waals surface area contributed by atoms with E-state index >= 15 is 0 Å². The molecule has 46 heavy (non-hydrogen) atoms. The quantitative estimate of drug-likeness (QED) is 0.159. The molecule has 1 aliphatic heterocycles. The summed E-state index contributed by atoms with van der Waals surface area (Å²) >= 11 is 0. The van der Waals surface area contributed by atoms with Crippen molar-refractivity contribution in [1.82, 2.24) is 10.2 Å². The van der Waals surface area contributed by atoms with Crippen molar-refractivity contribution in [2.24, 2.45) is 0 Å². The average molecular weight is 617 g/mol. The van der Waals surface area contributed by atoms with Crippen molar-refractivity contribution >= 4 is 5.91 Å². The van der Waals surface area contributed by atoms with Gasteiger partial charge in [-0.25, -0.2) is 0 Å². The van der Waals surface area contributed by atoms with Gasteiger partial charge in [-0.05, 0) is 64.9 Å². The number of ether oxygens (including phenoxy) is 2. The van der Waals surface area contributed by atoms with Gasteiger partial charge in [-0.15, -0.1) is 6.58 Å². The smallest absolute Gasteiger partial charge is 0.251 e. The molecule has 6 rings (SSSR count). The SMILES string of the molecule is C=CCN(C[C@H]1C[C@@H](c2ccc(CO)cc2)O[C@@H](c2cccc(-c3cccc(CNC(=O)c4ccccc4)c3)c2)O1)C1CCCC1. The van der Waals surface area contributed by atoms with Gasteiger partial charge in [0.15, 0.2) is 6.29 Å². The number of carbonyl (C=O) groups excluding carboxylic acids is 1. The maximum atomic E-state index is 12.6. The van der Waals surface area contributed by atoms with Gasteiger partial charge in [-0.3, -0.25) is 9.69 Å². The van der Waals surface area contributed by atoms with E-state index in [2.05, 4.69) is 65.3 Å². The van der Waals surface area contributed by atoms with Crippen LogP contribution >= 0.6 is 0 Å². The normalized spacial score (nSPS) is 20.1. The van der Waals surface area contributed by atoms with Crippen molar-refractivity contribution in [2.45, 2.75) is 69.8 Å². The number of hydrogen-bond acceptors (Lipinski definition) is 5. The molecule has 0 radical (unpaired) electrons. The van der Waals surface area contributed by atoms with Crippen LogP contribution in [0, 0.1) is 0 Å². The van der Waals surface area contributed by atoms with Gasteiger partial charge >= 0.3 is 0 Å². The molecule has 1 amide bonds. The van der Waals surface area contributed by atoms with Gasteiger partial charge in [-0.2, -0.15) is 0 Å². The molecular weight excluding hydrogens is 572 g/mol. The number of aliphatic hydroxyl groups excluding tert-OH is 1. The molecule has 4 aromatic carbocycles. The standard InChI is InChI=1S/C40H44N2O4/c1-2-22-42(36-16-6-7-17-36)27-37-25-38(31-20-18-29(28-43)19-21-31)46-40(45-37)35-15-9-14-34(24-35)33-13-8-10-30(23-33)26-41-39(44)32-11-4-3-5-12-32/h2-5,8-15,18-21,23-24,36-38,40,43H,1,6-7,16-17,22,25-28H2,(H,41,44)/t37-,38+,40+/m1/s1. The molecule has 1 saturated heterocycles. The summed E-state index contributed by atoms with van der Waals surface area (Å²) in [6.45, 7) is 6.18. The summed E-state index contributed by atoms with van der Waals surface area (Å²) in [6, 6.07) is 34.6. The third kappa shape index (κ3) is 8.01. The van der Waals surface area contributed by atoms with E-state index < -0.39 is 6.29 Å². The lowest BCUT2D eigenvalue weighted by atomic mass is 9.98. The van der Waals surface area contributed by atoms with Crippen molar-refractivity contribution in [1.29, 1.82) is 0 Å². The number of hydrogen-bond donors (Lipinski definition) is 2. The van der Waals surface area contributed by atoms with Crippen LogP contribution in [0.3, 0.4) is 0 Å². The van der Waals surface area contributed by atoms with E-state index in [1.807, 2.05) is 60.7 Å². The second-order valence-corrected chi connectivity index (χ2v) is 12.4. The number of amides is 1. The summed E-state index contributed by atoms with van der Waals surface area (Å²) in [5.74, 6) is -0.0886. The fourth-order valence-corrected chi connectivity index (χ4v) is 6.70. The van der Waals surface area contributed by atoms with Gasteiger partial charge in [-0.1, -0.05) is 97.8 Å². The first-order valence-electron chi connectivity index (χ1n) is 16.5. The highest BCUT2D eigenvalue weighted by atomic mass is 16.7. The summed E-state index contributed by atoms with van der Waals surface area (Å²) in [4.78, 5) is 15.1. The number of benzene rings is 4. The monoisotopic (exact) mass is 616 g/mol. The molecule has 0 spiro atoms. The number of rotatable bonds is 12. The maximum absolute atomic E-state index is 12.6. The fraction of sp³-hybridized carbons (Fsp3) is 0.325. The number of aliphatic hydroxyl groups is 1. The Morgan fingerprint density at radius 2 is 1.59 bits per heavy atom. The highest BCUT2D eigenvalue weighted by Gasteiger charge is 2.34. The van der Waals surface area contributed by atoms with E-state index in [9.17, 15) is 9.90 Å². The predicted molar refractivity (Wildman–Crippen MR) is 182 cm³/mol. The lowest BCUT2D eigenvalue weighted by Crippen LogP contribution is -2.43. The first kappa shape index (κ1) is 31.9. The first-order valence-corrected chi connectivity index (χ1v) is 16.5. The Kier molecular flexibility index (Phi) is 10.7. The Balaban J connectivity index is 1.21. The Morgan fingerprint density at radius 3 is 2.33 bits per heavy atom. The second kappa shape index (κ2) is 15.5. The Labute approximate surface area is 272 Å². The molecule has 2 fully saturated rings. The Morgan fingerprint density at radius 1 is 0.848 bits per heavy atom. The van der Waals surface area contributed by atoms with Crippen molar-refractivity contribution in [3.8, 4) is 11.1 Å². The highest BCUT2D eigenvalue weighted by molar-refractivity contribution is 5.94. The minimum absolute atomic E-state index is 0.0120. The summed E-state index contributed by atoms with van der Waals surface area (Å²) in [5, 5.41) is 12.6. The minimum Gasteiger partial charge on any atom is -0.392 e. The van der Waals surface area contributed by atoms with Gasteiger partial charge in [0, 0.05) is 43.2 Å². The van der Waals surface area contributed by atoms with E-state index in [0.717, 1.165) is 52.9 Å². The fourth-order valence-electron chi connectivity index (χ4n) is 6.70. The van der Waals surface area contributed by atoms with Crippen molar-refractivity contribution in [2.75, 3.05) is 13.1 Å². The van der Waals surface area contributed by atoms with Crippen LogP contribution in [0.4, 0.5) is 0 Å². The number of nitrogens with zero attached hydrogens (tertiary/aromatic N) is 1. The third-order valence-corrected chi connectivity index (χ3v) is 9.17. The molecule has 3 atom stereocenters. The topological polar surface area (TPSA) is 71.0 Å². The van der Waals surface area contributed by atoms with Crippen molar-refractivity contribution in [3.05, 3.63) is 144 Å². The van der Waals surface area contributed by atoms with E-state index in [-0.39, 0.29) is 24.7 Å². The van der Waals surface area contributed by atoms with Crippen LogP contribution < -0.4 is 5.32 Å². The molecule has 2 aliphatic rings. The van der Waals surface area contributed by atoms with Crippen LogP contribution in [0.5, 0.6) is 0 Å². The summed E-state index contributed by atoms with van der Waals surface area (Å²) < 4.78 is 13.4. The molecule has 1 aliphatic carbocycles. The van der Waals surface area contributed by atoms with Crippen LogP contribution in [0.2, 0.25) is 0 Å². The highest BCUT2D eigenvalue weighted by Crippen LogP contribution is 2.39. The van der Waals surface area contributed by atoms with Gasteiger partial charge in [0.1, 0.15) is 0 Å². The predicted octanol–water partition coefficient (Wildman–Crippen LogP) is 7.75. The van der Waals surface area contributed by atoms with Gasteiger partial charge in [0.25, 0.3) is 5.91 Å². The Hall–Kier alpha value is -4.07. The van der Waals surface area contributed by atoms with Gasteiger partial charge in [0.05, 0.1) is 18.8 Å². The van der Waals surface area contributed by atoms with E-state index in [4.69, 9.17) is 9.47 Å². The molecule has 0 aromatic heterocycles. The summed E-state index contributed by atoms with van der Waals surface area (Å²) in [7, 11) is 0. The molecule has 1 saturated carbocycles. The molecular formula is C40H44N2O4.